The molecule has 0 amide bonds. The molecule has 1 unspecified atom stereocenters. The molecular formula is C25H22ClNO3. The fraction of sp³-hybridized carbons (Fsp3) is 0.200. The first-order valence-corrected chi connectivity index (χ1v) is 10.0. The number of hydrogen-bond donors (Lipinski definition) is 0. The van der Waals surface area contributed by atoms with Gasteiger partial charge in [-0.05, 0) is 47.9 Å². The third kappa shape index (κ3) is 5.40. The van der Waals surface area contributed by atoms with Gasteiger partial charge in [0.1, 0.15) is 17.6 Å². The molecule has 0 heterocycles. The van der Waals surface area contributed by atoms with Crippen molar-refractivity contribution >= 4 is 17.6 Å². The Morgan fingerprint density at radius 3 is 2.20 bits per heavy atom. The lowest BCUT2D eigenvalue weighted by Crippen LogP contribution is -2.22. The van der Waals surface area contributed by atoms with Crippen molar-refractivity contribution in [2.45, 2.75) is 25.9 Å². The molecule has 0 spiro atoms. The van der Waals surface area contributed by atoms with Crippen LogP contribution < -0.4 is 4.74 Å². The van der Waals surface area contributed by atoms with E-state index in [1.54, 1.807) is 36.4 Å². The summed E-state index contributed by atoms with van der Waals surface area (Å²) < 4.78 is 11.4. The quantitative estimate of drug-likeness (QED) is 0.401. The minimum Gasteiger partial charge on any atom is -0.457 e. The van der Waals surface area contributed by atoms with E-state index in [9.17, 15) is 10.1 Å². The summed E-state index contributed by atoms with van der Waals surface area (Å²) in [7, 11) is 0. The van der Waals surface area contributed by atoms with Crippen LogP contribution in [0, 0.1) is 17.2 Å². The van der Waals surface area contributed by atoms with Gasteiger partial charge in [-0.3, -0.25) is 4.79 Å². The number of rotatable bonds is 7. The second kappa shape index (κ2) is 9.96. The number of ether oxygens (including phenoxy) is 2. The summed E-state index contributed by atoms with van der Waals surface area (Å²) in [6, 6.07) is 25.5. The van der Waals surface area contributed by atoms with Gasteiger partial charge in [0.15, 0.2) is 0 Å². The average molecular weight is 420 g/mol. The van der Waals surface area contributed by atoms with E-state index in [2.05, 4.69) is 6.07 Å². The first-order chi connectivity index (χ1) is 14.5. The van der Waals surface area contributed by atoms with Crippen LogP contribution in [0.5, 0.6) is 11.5 Å². The van der Waals surface area contributed by atoms with Crippen LogP contribution in [-0.4, -0.2) is 5.97 Å². The molecule has 0 bridgehead atoms. The fourth-order valence-electron chi connectivity index (χ4n) is 3.19. The van der Waals surface area contributed by atoms with E-state index in [0.717, 1.165) is 5.56 Å². The molecule has 152 valence electrons. The lowest BCUT2D eigenvalue weighted by atomic mass is 9.88. The van der Waals surface area contributed by atoms with Crippen LogP contribution in [0.1, 0.15) is 37.0 Å². The van der Waals surface area contributed by atoms with E-state index in [0.29, 0.717) is 22.1 Å². The van der Waals surface area contributed by atoms with Crippen molar-refractivity contribution < 1.29 is 14.3 Å². The van der Waals surface area contributed by atoms with E-state index >= 15 is 0 Å². The number of halogens is 1. The van der Waals surface area contributed by atoms with Crippen molar-refractivity contribution in [1.82, 2.24) is 0 Å². The molecule has 3 rings (SSSR count). The SMILES string of the molecule is CC(C)[C@H](C(=O)OC(C#N)c1cccc(Oc2ccccc2)c1)c1ccc(Cl)cc1. The normalized spacial score (nSPS) is 12.6. The zero-order chi connectivity index (χ0) is 21.5. The molecule has 3 aromatic carbocycles. The molecule has 0 saturated carbocycles. The minimum absolute atomic E-state index is 0.00855. The zero-order valence-electron chi connectivity index (χ0n) is 16.8. The molecule has 0 saturated heterocycles. The van der Waals surface area contributed by atoms with Crippen LogP contribution >= 0.6 is 11.6 Å². The standard InChI is InChI=1S/C25H22ClNO3/c1-17(2)24(18-11-13-20(26)14-12-18)25(28)30-23(16-27)19-7-6-10-22(15-19)29-21-8-4-3-5-9-21/h3-15,17,23-24H,1-2H3/t23?,24-/m0/s1. The number of hydrogen-bond acceptors (Lipinski definition) is 4. The number of esters is 1. The van der Waals surface area contributed by atoms with Gasteiger partial charge >= 0.3 is 5.97 Å². The van der Waals surface area contributed by atoms with Crippen molar-refractivity contribution in [3.8, 4) is 17.6 Å². The monoisotopic (exact) mass is 419 g/mol. The molecule has 0 aromatic heterocycles. The number of nitrogens with zero attached hydrogens (tertiary/aromatic N) is 1. The van der Waals surface area contributed by atoms with Gasteiger partial charge in [0, 0.05) is 10.6 Å². The third-order valence-electron chi connectivity index (χ3n) is 4.64. The van der Waals surface area contributed by atoms with E-state index in [1.165, 1.54) is 0 Å². The van der Waals surface area contributed by atoms with Gasteiger partial charge in [-0.1, -0.05) is 67.9 Å². The summed E-state index contributed by atoms with van der Waals surface area (Å²) in [6.07, 6.45) is -1.04. The van der Waals surface area contributed by atoms with Crippen molar-refractivity contribution in [2.24, 2.45) is 5.92 Å². The molecule has 0 aliphatic rings. The van der Waals surface area contributed by atoms with Gasteiger partial charge in [-0.25, -0.2) is 0 Å². The molecule has 3 aromatic rings. The molecule has 0 fully saturated rings. The van der Waals surface area contributed by atoms with Gasteiger partial charge < -0.3 is 9.47 Å². The molecule has 4 nitrogen and oxygen atoms in total. The van der Waals surface area contributed by atoms with Gasteiger partial charge in [0.2, 0.25) is 6.10 Å². The minimum atomic E-state index is -1.04. The predicted octanol–water partition coefficient (Wildman–Crippen LogP) is 6.68. The van der Waals surface area contributed by atoms with Crippen molar-refractivity contribution in [3.05, 3.63) is 95.0 Å². The van der Waals surface area contributed by atoms with Crippen LogP contribution in [0.15, 0.2) is 78.9 Å². The Kier molecular flexibility index (Phi) is 7.11. The fourth-order valence-corrected chi connectivity index (χ4v) is 3.31. The lowest BCUT2D eigenvalue weighted by molar-refractivity contribution is -0.150. The first-order valence-electron chi connectivity index (χ1n) is 9.66. The van der Waals surface area contributed by atoms with Crippen molar-refractivity contribution in [1.29, 1.82) is 5.26 Å². The van der Waals surface area contributed by atoms with Crippen molar-refractivity contribution in [3.63, 3.8) is 0 Å². The molecule has 30 heavy (non-hydrogen) atoms. The number of para-hydroxylation sites is 1. The van der Waals surface area contributed by atoms with Gasteiger partial charge in [-0.15, -0.1) is 0 Å². The Labute approximate surface area is 181 Å². The zero-order valence-corrected chi connectivity index (χ0v) is 17.5. The summed E-state index contributed by atoms with van der Waals surface area (Å²) in [6.45, 7) is 3.88. The molecular weight excluding hydrogens is 398 g/mol. The van der Waals surface area contributed by atoms with E-state index in [4.69, 9.17) is 21.1 Å². The van der Waals surface area contributed by atoms with Crippen molar-refractivity contribution in [2.75, 3.05) is 0 Å². The Balaban J connectivity index is 1.78. The summed E-state index contributed by atoms with van der Waals surface area (Å²) in [5.41, 5.74) is 1.36. The molecule has 2 atom stereocenters. The number of benzene rings is 3. The summed E-state index contributed by atoms with van der Waals surface area (Å²) in [5, 5.41) is 10.2. The van der Waals surface area contributed by atoms with Crippen LogP contribution in [0.3, 0.4) is 0 Å². The number of nitriles is 1. The highest BCUT2D eigenvalue weighted by atomic mass is 35.5. The highest BCUT2D eigenvalue weighted by molar-refractivity contribution is 6.30. The Morgan fingerprint density at radius 1 is 0.900 bits per heavy atom. The summed E-state index contributed by atoms with van der Waals surface area (Å²) >= 11 is 5.96. The maximum atomic E-state index is 13.0. The number of carbonyl (C=O) groups is 1. The van der Waals surface area contributed by atoms with Crippen LogP contribution in [0.2, 0.25) is 5.02 Å². The van der Waals surface area contributed by atoms with E-state index < -0.39 is 18.0 Å². The van der Waals surface area contributed by atoms with E-state index in [-0.39, 0.29) is 5.92 Å². The second-order valence-electron chi connectivity index (χ2n) is 7.21. The van der Waals surface area contributed by atoms with Crippen LogP contribution in [0.25, 0.3) is 0 Å². The molecule has 5 heteroatoms. The van der Waals surface area contributed by atoms with Crippen LogP contribution in [-0.2, 0) is 9.53 Å². The Morgan fingerprint density at radius 2 is 1.57 bits per heavy atom. The molecule has 0 aliphatic carbocycles. The van der Waals surface area contributed by atoms with Gasteiger partial charge in [0.05, 0.1) is 5.92 Å². The Bertz CT molecular complexity index is 1030. The highest BCUT2D eigenvalue weighted by Gasteiger charge is 2.29. The van der Waals surface area contributed by atoms with Gasteiger partial charge in [-0.2, -0.15) is 5.26 Å². The number of carbonyl (C=O) groups excluding carboxylic acids is 1. The molecule has 0 aliphatic heterocycles. The maximum absolute atomic E-state index is 13.0. The molecule has 0 radical (unpaired) electrons. The predicted molar refractivity (Wildman–Crippen MR) is 116 cm³/mol. The highest BCUT2D eigenvalue weighted by Crippen LogP contribution is 2.31. The Hall–Kier alpha value is -3.29. The smallest absolute Gasteiger partial charge is 0.315 e. The maximum Gasteiger partial charge on any atom is 0.315 e. The summed E-state index contributed by atoms with van der Waals surface area (Å²) in [5.74, 6) is 0.289. The molecule has 0 N–H and O–H groups in total. The summed E-state index contributed by atoms with van der Waals surface area (Å²) in [4.78, 5) is 13.0. The third-order valence-corrected chi connectivity index (χ3v) is 4.89. The average Bonchev–Trinajstić information content (AvgIpc) is 2.74. The van der Waals surface area contributed by atoms with Crippen LogP contribution in [0.4, 0.5) is 0 Å². The van der Waals surface area contributed by atoms with Gasteiger partial charge in [0.25, 0.3) is 0 Å². The topological polar surface area (TPSA) is 59.3 Å². The van der Waals surface area contributed by atoms with E-state index in [1.807, 2.05) is 56.3 Å². The second-order valence-corrected chi connectivity index (χ2v) is 7.64. The first kappa shape index (κ1) is 21.4. The largest absolute Gasteiger partial charge is 0.457 e. The lowest BCUT2D eigenvalue weighted by Gasteiger charge is -2.22.